The van der Waals surface area contributed by atoms with Gasteiger partial charge >= 0.3 is 0 Å². The Kier molecular flexibility index (Phi) is 4.79. The number of halogens is 1. The number of hydrogen-bond acceptors (Lipinski definition) is 2. The molecule has 0 unspecified atom stereocenters. The van der Waals surface area contributed by atoms with Crippen molar-refractivity contribution >= 4 is 28.5 Å². The third-order valence-electron chi connectivity index (χ3n) is 2.71. The lowest BCUT2D eigenvalue weighted by Crippen LogP contribution is -2.22. The Balaban J connectivity index is 1.99. The molecule has 0 radical (unpaired) electrons. The van der Waals surface area contributed by atoms with Crippen molar-refractivity contribution in [3.05, 3.63) is 63.2 Å². The van der Waals surface area contributed by atoms with E-state index in [1.807, 2.05) is 36.4 Å². The maximum absolute atomic E-state index is 11.9. The van der Waals surface area contributed by atoms with Crippen LogP contribution in [0.5, 0.6) is 5.75 Å². The lowest BCUT2D eigenvalue weighted by molar-refractivity contribution is 0.0951. The average Bonchev–Trinajstić information content (AvgIpc) is 2.46. The van der Waals surface area contributed by atoms with E-state index in [0.717, 1.165) is 14.9 Å². The van der Waals surface area contributed by atoms with Gasteiger partial charge in [0, 0.05) is 12.1 Å². The minimum atomic E-state index is -0.0635. The molecule has 0 aliphatic heterocycles. The fourth-order valence-electron chi connectivity index (χ4n) is 1.69. The first kappa shape index (κ1) is 13.9. The number of benzene rings is 2. The summed E-state index contributed by atoms with van der Waals surface area (Å²) >= 11 is 2.22. The zero-order valence-electron chi connectivity index (χ0n) is 10.5. The van der Waals surface area contributed by atoms with Gasteiger partial charge in [-0.25, -0.2) is 0 Å². The number of carbonyl (C=O) groups is 1. The van der Waals surface area contributed by atoms with Gasteiger partial charge in [-0.05, 0) is 52.4 Å². The van der Waals surface area contributed by atoms with Crippen LogP contribution in [0.1, 0.15) is 15.9 Å². The highest BCUT2D eigenvalue weighted by atomic mass is 127. The first-order valence-electron chi connectivity index (χ1n) is 5.86. The lowest BCUT2D eigenvalue weighted by Gasteiger charge is -2.08. The summed E-state index contributed by atoms with van der Waals surface area (Å²) in [6.07, 6.45) is 0. The van der Waals surface area contributed by atoms with Crippen LogP contribution in [0.4, 0.5) is 0 Å². The van der Waals surface area contributed by atoms with E-state index in [4.69, 9.17) is 4.74 Å². The summed E-state index contributed by atoms with van der Waals surface area (Å²) in [5, 5.41) is 2.90. The SMILES string of the molecule is COc1ccc(CNC(=O)c2ccccc2)cc1I. The monoisotopic (exact) mass is 367 g/mol. The maximum Gasteiger partial charge on any atom is 0.251 e. The van der Waals surface area contributed by atoms with Crippen molar-refractivity contribution in [3.8, 4) is 5.75 Å². The van der Waals surface area contributed by atoms with Gasteiger partial charge in [0.05, 0.1) is 10.7 Å². The Bertz CT molecular complexity index is 570. The quantitative estimate of drug-likeness (QED) is 0.843. The first-order chi connectivity index (χ1) is 9.20. The summed E-state index contributed by atoms with van der Waals surface area (Å²) in [6.45, 7) is 0.508. The van der Waals surface area contributed by atoms with Crippen molar-refractivity contribution < 1.29 is 9.53 Å². The van der Waals surface area contributed by atoms with Crippen LogP contribution in [-0.2, 0) is 6.54 Å². The molecule has 0 heterocycles. The number of nitrogens with one attached hydrogen (secondary N) is 1. The molecule has 1 N–H and O–H groups in total. The molecule has 3 nitrogen and oxygen atoms in total. The van der Waals surface area contributed by atoms with Crippen molar-refractivity contribution in [1.82, 2.24) is 5.32 Å². The predicted molar refractivity (Wildman–Crippen MR) is 83.3 cm³/mol. The Morgan fingerprint density at radius 3 is 2.58 bits per heavy atom. The van der Waals surface area contributed by atoms with Gasteiger partial charge in [-0.3, -0.25) is 4.79 Å². The van der Waals surface area contributed by atoms with Crippen LogP contribution in [-0.4, -0.2) is 13.0 Å². The highest BCUT2D eigenvalue weighted by molar-refractivity contribution is 14.1. The largest absolute Gasteiger partial charge is 0.496 e. The highest BCUT2D eigenvalue weighted by Crippen LogP contribution is 2.21. The molecule has 0 saturated heterocycles. The fourth-order valence-corrected chi connectivity index (χ4v) is 2.49. The number of ether oxygens (including phenoxy) is 1. The molecule has 0 aromatic heterocycles. The molecule has 0 saturated carbocycles. The van der Waals surface area contributed by atoms with Crippen LogP contribution in [0.25, 0.3) is 0 Å². The second kappa shape index (κ2) is 6.56. The minimum absolute atomic E-state index is 0.0635. The van der Waals surface area contributed by atoms with Crippen LogP contribution in [0.15, 0.2) is 48.5 Å². The van der Waals surface area contributed by atoms with E-state index >= 15 is 0 Å². The van der Waals surface area contributed by atoms with Gasteiger partial charge < -0.3 is 10.1 Å². The molecule has 0 aliphatic rings. The standard InChI is InChI=1S/C15H14INO2/c1-19-14-8-7-11(9-13(14)16)10-17-15(18)12-5-3-2-4-6-12/h2-9H,10H2,1H3,(H,17,18). The third-order valence-corrected chi connectivity index (χ3v) is 3.55. The average molecular weight is 367 g/mol. The first-order valence-corrected chi connectivity index (χ1v) is 6.94. The summed E-state index contributed by atoms with van der Waals surface area (Å²) in [4.78, 5) is 11.9. The van der Waals surface area contributed by atoms with E-state index in [9.17, 15) is 4.79 Å². The van der Waals surface area contributed by atoms with E-state index in [0.29, 0.717) is 12.1 Å². The molecule has 2 aromatic rings. The second-order valence-electron chi connectivity index (χ2n) is 4.02. The highest BCUT2D eigenvalue weighted by Gasteiger charge is 2.05. The molecule has 2 rings (SSSR count). The van der Waals surface area contributed by atoms with Crippen molar-refractivity contribution in [2.45, 2.75) is 6.54 Å². The molecular weight excluding hydrogens is 353 g/mol. The van der Waals surface area contributed by atoms with E-state index in [1.54, 1.807) is 19.2 Å². The van der Waals surface area contributed by atoms with Gasteiger partial charge in [0.15, 0.2) is 0 Å². The summed E-state index contributed by atoms with van der Waals surface area (Å²) in [7, 11) is 1.65. The number of methoxy groups -OCH3 is 1. The van der Waals surface area contributed by atoms with Crippen molar-refractivity contribution in [2.75, 3.05) is 7.11 Å². The fraction of sp³-hybridized carbons (Fsp3) is 0.133. The van der Waals surface area contributed by atoms with Crippen LogP contribution < -0.4 is 10.1 Å². The van der Waals surface area contributed by atoms with Gasteiger partial charge in [0.25, 0.3) is 5.91 Å². The summed E-state index contributed by atoms with van der Waals surface area (Å²) in [6, 6.07) is 15.1. The molecule has 2 aromatic carbocycles. The van der Waals surface area contributed by atoms with Crippen LogP contribution in [0.2, 0.25) is 0 Å². The summed E-state index contributed by atoms with van der Waals surface area (Å²) in [5.74, 6) is 0.783. The van der Waals surface area contributed by atoms with E-state index in [2.05, 4.69) is 27.9 Å². The van der Waals surface area contributed by atoms with Gasteiger partial charge in [0.1, 0.15) is 5.75 Å². The number of amides is 1. The number of carbonyl (C=O) groups excluding carboxylic acids is 1. The van der Waals surface area contributed by atoms with Crippen LogP contribution in [0.3, 0.4) is 0 Å². The van der Waals surface area contributed by atoms with Crippen molar-refractivity contribution in [1.29, 1.82) is 0 Å². The zero-order valence-corrected chi connectivity index (χ0v) is 12.7. The minimum Gasteiger partial charge on any atom is -0.496 e. The van der Waals surface area contributed by atoms with Gasteiger partial charge in [-0.1, -0.05) is 24.3 Å². The van der Waals surface area contributed by atoms with E-state index in [-0.39, 0.29) is 5.91 Å². The predicted octanol–water partition coefficient (Wildman–Crippen LogP) is 3.23. The normalized spacial score (nSPS) is 10.0. The Morgan fingerprint density at radius 1 is 1.21 bits per heavy atom. The molecular formula is C15H14INO2. The summed E-state index contributed by atoms with van der Waals surface area (Å²) in [5.41, 5.74) is 1.72. The molecule has 0 spiro atoms. The van der Waals surface area contributed by atoms with Crippen LogP contribution in [0, 0.1) is 3.57 Å². The maximum atomic E-state index is 11.9. The molecule has 19 heavy (non-hydrogen) atoms. The topological polar surface area (TPSA) is 38.3 Å². The Morgan fingerprint density at radius 2 is 1.95 bits per heavy atom. The Hall–Kier alpha value is -1.56. The molecule has 0 bridgehead atoms. The number of rotatable bonds is 4. The zero-order chi connectivity index (χ0) is 13.7. The third kappa shape index (κ3) is 3.70. The molecule has 0 atom stereocenters. The van der Waals surface area contributed by atoms with E-state index < -0.39 is 0 Å². The molecule has 4 heteroatoms. The van der Waals surface area contributed by atoms with Crippen LogP contribution >= 0.6 is 22.6 Å². The van der Waals surface area contributed by atoms with Gasteiger partial charge in [-0.2, -0.15) is 0 Å². The van der Waals surface area contributed by atoms with Crippen molar-refractivity contribution in [3.63, 3.8) is 0 Å². The van der Waals surface area contributed by atoms with Gasteiger partial charge in [-0.15, -0.1) is 0 Å². The number of hydrogen-bond donors (Lipinski definition) is 1. The smallest absolute Gasteiger partial charge is 0.251 e. The summed E-state index contributed by atoms with van der Waals surface area (Å²) < 4.78 is 6.23. The molecule has 1 amide bonds. The molecule has 0 fully saturated rings. The Labute approximate surface area is 126 Å². The lowest BCUT2D eigenvalue weighted by atomic mass is 10.2. The van der Waals surface area contributed by atoms with E-state index in [1.165, 1.54) is 0 Å². The second-order valence-corrected chi connectivity index (χ2v) is 5.18. The molecule has 98 valence electrons. The van der Waals surface area contributed by atoms with Gasteiger partial charge in [0.2, 0.25) is 0 Å². The van der Waals surface area contributed by atoms with Crippen molar-refractivity contribution in [2.24, 2.45) is 0 Å². The molecule has 0 aliphatic carbocycles.